The molecule has 0 saturated heterocycles. The van der Waals surface area contributed by atoms with Gasteiger partial charge < -0.3 is 5.11 Å². The van der Waals surface area contributed by atoms with Crippen LogP contribution in [-0.2, 0) is 6.61 Å². The number of benzene rings is 1. The molecule has 3 heteroatoms. The van der Waals surface area contributed by atoms with E-state index in [0.29, 0.717) is 5.02 Å². The van der Waals surface area contributed by atoms with Crippen molar-refractivity contribution in [2.75, 3.05) is 0 Å². The SMILES string of the molecule is Cc1cc(Cl)c(CO)c(Br)c1. The third kappa shape index (κ3) is 1.95. The maximum absolute atomic E-state index is 8.88. The summed E-state index contributed by atoms with van der Waals surface area (Å²) >= 11 is 9.16. The summed E-state index contributed by atoms with van der Waals surface area (Å²) in [7, 11) is 0. The lowest BCUT2D eigenvalue weighted by atomic mass is 10.2. The fourth-order valence-electron chi connectivity index (χ4n) is 0.881. The third-order valence-electron chi connectivity index (χ3n) is 1.44. The van der Waals surface area contributed by atoms with Gasteiger partial charge in [0.2, 0.25) is 0 Å². The highest BCUT2D eigenvalue weighted by Crippen LogP contribution is 2.26. The van der Waals surface area contributed by atoms with Crippen molar-refractivity contribution in [3.05, 3.63) is 32.8 Å². The Morgan fingerprint density at radius 2 is 2.18 bits per heavy atom. The highest BCUT2D eigenvalue weighted by atomic mass is 79.9. The normalized spacial score (nSPS) is 10.2. The average Bonchev–Trinajstić information content (AvgIpc) is 1.85. The molecule has 1 aromatic carbocycles. The van der Waals surface area contributed by atoms with Gasteiger partial charge in [0.15, 0.2) is 0 Å². The Balaban J connectivity index is 3.25. The maximum Gasteiger partial charge on any atom is 0.0707 e. The summed E-state index contributed by atoms with van der Waals surface area (Å²) in [6.45, 7) is 1.93. The summed E-state index contributed by atoms with van der Waals surface area (Å²) in [6, 6.07) is 3.76. The van der Waals surface area contributed by atoms with Gasteiger partial charge in [0.1, 0.15) is 0 Å². The summed E-state index contributed by atoms with van der Waals surface area (Å²) < 4.78 is 0.866. The van der Waals surface area contributed by atoms with Crippen LogP contribution in [0.25, 0.3) is 0 Å². The van der Waals surface area contributed by atoms with Crippen molar-refractivity contribution in [1.29, 1.82) is 0 Å². The first kappa shape index (κ1) is 9.04. The molecular weight excluding hydrogens is 227 g/mol. The van der Waals surface area contributed by atoms with Gasteiger partial charge in [-0.3, -0.25) is 0 Å². The standard InChI is InChI=1S/C8H8BrClO/c1-5-2-7(9)6(4-11)8(10)3-5/h2-3,11H,4H2,1H3. The van der Waals surface area contributed by atoms with Crippen molar-refractivity contribution in [1.82, 2.24) is 0 Å². The van der Waals surface area contributed by atoms with Crippen molar-refractivity contribution in [2.24, 2.45) is 0 Å². The number of aliphatic hydroxyl groups excluding tert-OH is 1. The van der Waals surface area contributed by atoms with Gasteiger partial charge in [0, 0.05) is 15.1 Å². The zero-order valence-electron chi connectivity index (χ0n) is 6.06. The molecule has 1 N–H and O–H groups in total. The second-order valence-corrected chi connectivity index (χ2v) is 3.63. The van der Waals surface area contributed by atoms with E-state index in [4.69, 9.17) is 16.7 Å². The van der Waals surface area contributed by atoms with Crippen LogP contribution in [0.1, 0.15) is 11.1 Å². The molecule has 0 fully saturated rings. The zero-order chi connectivity index (χ0) is 8.43. The van der Waals surface area contributed by atoms with Crippen LogP contribution in [0, 0.1) is 6.92 Å². The largest absolute Gasteiger partial charge is 0.392 e. The van der Waals surface area contributed by atoms with Crippen molar-refractivity contribution in [3.8, 4) is 0 Å². The highest BCUT2D eigenvalue weighted by Gasteiger charge is 2.03. The quantitative estimate of drug-likeness (QED) is 0.793. The van der Waals surface area contributed by atoms with Gasteiger partial charge in [0.05, 0.1) is 6.61 Å². The van der Waals surface area contributed by atoms with Gasteiger partial charge in [-0.1, -0.05) is 27.5 Å². The smallest absolute Gasteiger partial charge is 0.0707 e. The molecule has 0 heterocycles. The Morgan fingerprint density at radius 1 is 1.55 bits per heavy atom. The Bertz CT molecular complexity index is 250. The molecule has 0 amide bonds. The minimum atomic E-state index is -0.0281. The van der Waals surface area contributed by atoms with E-state index in [9.17, 15) is 0 Å². The number of aliphatic hydroxyl groups is 1. The molecule has 0 saturated carbocycles. The van der Waals surface area contributed by atoms with Gasteiger partial charge in [-0.2, -0.15) is 0 Å². The molecule has 60 valence electrons. The van der Waals surface area contributed by atoms with Crippen LogP contribution in [-0.4, -0.2) is 5.11 Å². The molecule has 11 heavy (non-hydrogen) atoms. The van der Waals surface area contributed by atoms with E-state index in [1.807, 2.05) is 19.1 Å². The van der Waals surface area contributed by atoms with Gasteiger partial charge >= 0.3 is 0 Å². The van der Waals surface area contributed by atoms with Crippen molar-refractivity contribution >= 4 is 27.5 Å². The minimum absolute atomic E-state index is 0.0281. The first-order chi connectivity index (χ1) is 5.15. The predicted octanol–water partition coefficient (Wildman–Crippen LogP) is 2.90. The molecule has 0 unspecified atom stereocenters. The van der Waals surface area contributed by atoms with E-state index in [1.54, 1.807) is 0 Å². The lowest BCUT2D eigenvalue weighted by Crippen LogP contribution is -1.87. The molecule has 0 bridgehead atoms. The van der Waals surface area contributed by atoms with Gasteiger partial charge in [-0.15, -0.1) is 0 Å². The summed E-state index contributed by atoms with van der Waals surface area (Å²) in [5.74, 6) is 0. The Hall–Kier alpha value is -0.0500. The molecule has 1 rings (SSSR count). The summed E-state index contributed by atoms with van der Waals surface area (Å²) in [4.78, 5) is 0. The van der Waals surface area contributed by atoms with Crippen molar-refractivity contribution < 1.29 is 5.11 Å². The molecule has 0 aliphatic heterocycles. The van der Waals surface area contributed by atoms with E-state index >= 15 is 0 Å². The van der Waals surface area contributed by atoms with E-state index in [2.05, 4.69) is 15.9 Å². The van der Waals surface area contributed by atoms with Gasteiger partial charge in [0.25, 0.3) is 0 Å². The fourth-order valence-corrected chi connectivity index (χ4v) is 2.03. The topological polar surface area (TPSA) is 20.2 Å². The second kappa shape index (κ2) is 3.57. The molecule has 1 nitrogen and oxygen atoms in total. The predicted molar refractivity (Wildman–Crippen MR) is 49.8 cm³/mol. The first-order valence-electron chi connectivity index (χ1n) is 3.20. The summed E-state index contributed by atoms with van der Waals surface area (Å²) in [5.41, 5.74) is 1.83. The highest BCUT2D eigenvalue weighted by molar-refractivity contribution is 9.10. The number of rotatable bonds is 1. The molecule has 0 aliphatic carbocycles. The lowest BCUT2D eigenvalue weighted by Gasteiger charge is -2.04. The van der Waals surface area contributed by atoms with Crippen LogP contribution in [0.3, 0.4) is 0 Å². The summed E-state index contributed by atoms with van der Waals surface area (Å²) in [6.07, 6.45) is 0. The van der Waals surface area contributed by atoms with Crippen LogP contribution in [0.4, 0.5) is 0 Å². The van der Waals surface area contributed by atoms with E-state index in [-0.39, 0.29) is 6.61 Å². The molecule has 0 atom stereocenters. The van der Waals surface area contributed by atoms with Crippen LogP contribution in [0.15, 0.2) is 16.6 Å². The average molecular weight is 236 g/mol. The van der Waals surface area contributed by atoms with Crippen molar-refractivity contribution in [2.45, 2.75) is 13.5 Å². The maximum atomic E-state index is 8.88. The molecular formula is C8H8BrClO. The summed E-state index contributed by atoms with van der Waals surface area (Å²) in [5, 5.41) is 9.49. The van der Waals surface area contributed by atoms with Crippen molar-refractivity contribution in [3.63, 3.8) is 0 Å². The zero-order valence-corrected chi connectivity index (χ0v) is 8.41. The Labute approximate surface area is 79.1 Å². The monoisotopic (exact) mass is 234 g/mol. The van der Waals surface area contributed by atoms with Crippen LogP contribution in [0.2, 0.25) is 5.02 Å². The van der Waals surface area contributed by atoms with Gasteiger partial charge in [-0.05, 0) is 24.6 Å². The molecule has 0 aliphatic rings. The first-order valence-corrected chi connectivity index (χ1v) is 4.37. The number of hydrogen-bond donors (Lipinski definition) is 1. The third-order valence-corrected chi connectivity index (χ3v) is 2.49. The minimum Gasteiger partial charge on any atom is -0.392 e. The second-order valence-electron chi connectivity index (χ2n) is 2.37. The van der Waals surface area contributed by atoms with Crippen LogP contribution in [0.5, 0.6) is 0 Å². The van der Waals surface area contributed by atoms with Gasteiger partial charge in [-0.25, -0.2) is 0 Å². The Kier molecular flexibility index (Phi) is 2.93. The lowest BCUT2D eigenvalue weighted by molar-refractivity contribution is 0.281. The molecule has 0 aromatic heterocycles. The molecule has 0 spiro atoms. The van der Waals surface area contributed by atoms with E-state index in [0.717, 1.165) is 15.6 Å². The van der Waals surface area contributed by atoms with E-state index < -0.39 is 0 Å². The number of aryl methyl sites for hydroxylation is 1. The van der Waals surface area contributed by atoms with Crippen LogP contribution >= 0.6 is 27.5 Å². The number of hydrogen-bond acceptors (Lipinski definition) is 1. The molecule has 0 radical (unpaired) electrons. The number of halogens is 2. The Morgan fingerprint density at radius 3 is 2.64 bits per heavy atom. The van der Waals surface area contributed by atoms with Crippen LogP contribution < -0.4 is 0 Å². The molecule has 1 aromatic rings. The fraction of sp³-hybridized carbons (Fsp3) is 0.250. The van der Waals surface area contributed by atoms with E-state index in [1.165, 1.54) is 0 Å².